The first-order valence-electron chi connectivity index (χ1n) is 5.16. The van der Waals surface area contributed by atoms with Gasteiger partial charge < -0.3 is 9.47 Å². The number of rotatable bonds is 7. The largest absolute Gasteiger partial charge is 0.497 e. The van der Waals surface area contributed by atoms with Gasteiger partial charge in [-0.05, 0) is 17.7 Å². The minimum atomic E-state index is -3.30. The van der Waals surface area contributed by atoms with Crippen LogP contribution in [-0.4, -0.2) is 35.8 Å². The van der Waals surface area contributed by atoms with E-state index in [1.165, 1.54) is 7.11 Å². The molecule has 0 aliphatic rings. The molecule has 1 rings (SSSR count). The summed E-state index contributed by atoms with van der Waals surface area (Å²) in [5.41, 5.74) is 0.718. The molecule has 1 aromatic rings. The predicted octanol–water partition coefficient (Wildman–Crippen LogP) is 0.761. The van der Waals surface area contributed by atoms with E-state index in [1.807, 2.05) is 0 Å². The Morgan fingerprint density at radius 2 is 1.82 bits per heavy atom. The summed E-state index contributed by atoms with van der Waals surface area (Å²) < 4.78 is 35.5. The summed E-state index contributed by atoms with van der Waals surface area (Å²) in [6, 6.07) is 6.93. The molecule has 17 heavy (non-hydrogen) atoms. The van der Waals surface area contributed by atoms with Crippen LogP contribution in [0.4, 0.5) is 0 Å². The van der Waals surface area contributed by atoms with Crippen molar-refractivity contribution in [2.45, 2.75) is 5.75 Å². The second-order valence-electron chi connectivity index (χ2n) is 3.49. The molecule has 0 amide bonds. The van der Waals surface area contributed by atoms with Crippen LogP contribution in [0.3, 0.4) is 0 Å². The summed E-state index contributed by atoms with van der Waals surface area (Å²) >= 11 is 0. The molecule has 0 saturated heterocycles. The van der Waals surface area contributed by atoms with Crippen molar-refractivity contribution < 1.29 is 17.9 Å². The zero-order valence-corrected chi connectivity index (χ0v) is 10.8. The van der Waals surface area contributed by atoms with Crippen LogP contribution in [0.1, 0.15) is 5.56 Å². The fourth-order valence-corrected chi connectivity index (χ4v) is 2.42. The molecule has 0 unspecified atom stereocenters. The molecule has 0 aliphatic carbocycles. The van der Waals surface area contributed by atoms with E-state index in [9.17, 15) is 8.42 Å². The number of methoxy groups -OCH3 is 2. The first-order valence-corrected chi connectivity index (χ1v) is 6.82. The quantitative estimate of drug-likeness (QED) is 0.734. The Kier molecular flexibility index (Phi) is 5.40. The summed E-state index contributed by atoms with van der Waals surface area (Å²) in [4.78, 5) is 0. The Hall–Kier alpha value is -1.11. The first-order chi connectivity index (χ1) is 8.07. The molecule has 1 N–H and O–H groups in total. The van der Waals surface area contributed by atoms with Gasteiger partial charge in [0.2, 0.25) is 10.0 Å². The summed E-state index contributed by atoms with van der Waals surface area (Å²) in [6.07, 6.45) is 0. The zero-order chi connectivity index (χ0) is 12.7. The van der Waals surface area contributed by atoms with Crippen LogP contribution in [0.25, 0.3) is 0 Å². The van der Waals surface area contributed by atoms with Crippen LogP contribution in [0.5, 0.6) is 5.75 Å². The molecule has 0 aromatic heterocycles. The third-order valence-corrected chi connectivity index (χ3v) is 3.50. The van der Waals surface area contributed by atoms with E-state index in [-0.39, 0.29) is 12.3 Å². The lowest BCUT2D eigenvalue weighted by atomic mass is 10.2. The fraction of sp³-hybridized carbons (Fsp3) is 0.455. The average Bonchev–Trinajstić information content (AvgIpc) is 2.30. The lowest BCUT2D eigenvalue weighted by molar-refractivity contribution is 0.204. The van der Waals surface area contributed by atoms with Crippen molar-refractivity contribution in [3.8, 4) is 5.75 Å². The summed E-state index contributed by atoms with van der Waals surface area (Å²) in [5, 5.41) is 0. The topological polar surface area (TPSA) is 64.6 Å². The molecule has 96 valence electrons. The fourth-order valence-electron chi connectivity index (χ4n) is 1.29. The van der Waals surface area contributed by atoms with Gasteiger partial charge in [-0.2, -0.15) is 0 Å². The molecule has 0 aliphatic heterocycles. The van der Waals surface area contributed by atoms with Gasteiger partial charge in [-0.1, -0.05) is 12.1 Å². The Labute approximate surface area is 102 Å². The number of nitrogens with one attached hydrogen (secondary N) is 1. The van der Waals surface area contributed by atoms with Crippen molar-refractivity contribution >= 4 is 10.0 Å². The smallest absolute Gasteiger partial charge is 0.215 e. The van der Waals surface area contributed by atoms with Gasteiger partial charge in [-0.25, -0.2) is 13.1 Å². The van der Waals surface area contributed by atoms with Gasteiger partial charge in [0.05, 0.1) is 19.5 Å². The van der Waals surface area contributed by atoms with Crippen LogP contribution < -0.4 is 9.46 Å². The van der Waals surface area contributed by atoms with E-state index in [2.05, 4.69) is 4.72 Å². The van der Waals surface area contributed by atoms with E-state index in [1.54, 1.807) is 31.4 Å². The van der Waals surface area contributed by atoms with Crippen molar-refractivity contribution in [3.63, 3.8) is 0 Å². The highest BCUT2D eigenvalue weighted by molar-refractivity contribution is 7.88. The van der Waals surface area contributed by atoms with Crippen molar-refractivity contribution in [2.24, 2.45) is 0 Å². The number of hydrogen-bond acceptors (Lipinski definition) is 4. The maximum atomic E-state index is 11.6. The Bertz CT molecular complexity index is 427. The summed E-state index contributed by atoms with van der Waals surface area (Å²) in [5.74, 6) is 0.666. The van der Waals surface area contributed by atoms with E-state index in [4.69, 9.17) is 9.47 Å². The lowest BCUT2D eigenvalue weighted by Gasteiger charge is -2.06. The number of ether oxygens (including phenoxy) is 2. The molecular weight excluding hydrogens is 242 g/mol. The number of hydrogen-bond donors (Lipinski definition) is 1. The molecule has 6 heteroatoms. The zero-order valence-electron chi connectivity index (χ0n) is 9.97. The van der Waals surface area contributed by atoms with Crippen molar-refractivity contribution in [1.82, 2.24) is 4.72 Å². The van der Waals surface area contributed by atoms with E-state index in [0.717, 1.165) is 5.56 Å². The van der Waals surface area contributed by atoms with Gasteiger partial charge in [0, 0.05) is 13.7 Å². The summed E-state index contributed by atoms with van der Waals surface area (Å²) in [7, 11) is -0.204. The van der Waals surface area contributed by atoms with Gasteiger partial charge >= 0.3 is 0 Å². The molecule has 0 heterocycles. The molecule has 0 radical (unpaired) electrons. The van der Waals surface area contributed by atoms with Gasteiger partial charge in [-0.15, -0.1) is 0 Å². The molecule has 0 saturated carbocycles. The standard InChI is InChI=1S/C11H17NO4S/c1-15-8-7-12-17(13,14)9-10-3-5-11(16-2)6-4-10/h3-6,12H,7-9H2,1-2H3. The third kappa shape index (κ3) is 5.16. The highest BCUT2D eigenvalue weighted by Gasteiger charge is 2.10. The van der Waals surface area contributed by atoms with Crippen molar-refractivity contribution in [1.29, 1.82) is 0 Å². The predicted molar refractivity (Wildman–Crippen MR) is 65.5 cm³/mol. The van der Waals surface area contributed by atoms with Crippen molar-refractivity contribution in [3.05, 3.63) is 29.8 Å². The van der Waals surface area contributed by atoms with Crippen molar-refractivity contribution in [2.75, 3.05) is 27.4 Å². The van der Waals surface area contributed by atoms with Crippen LogP contribution in [-0.2, 0) is 20.5 Å². The van der Waals surface area contributed by atoms with Crippen LogP contribution in [0.15, 0.2) is 24.3 Å². The lowest BCUT2D eigenvalue weighted by Crippen LogP contribution is -2.28. The second-order valence-corrected chi connectivity index (χ2v) is 5.30. The van der Waals surface area contributed by atoms with Crippen LogP contribution in [0, 0.1) is 0 Å². The second kappa shape index (κ2) is 6.58. The SMILES string of the molecule is COCCNS(=O)(=O)Cc1ccc(OC)cc1. The first kappa shape index (κ1) is 14.0. The normalized spacial score (nSPS) is 11.4. The molecule has 0 bridgehead atoms. The number of benzene rings is 1. The van der Waals surface area contributed by atoms with Crippen LogP contribution >= 0.6 is 0 Å². The van der Waals surface area contributed by atoms with Gasteiger partial charge in [0.1, 0.15) is 5.75 Å². The number of sulfonamides is 1. The highest BCUT2D eigenvalue weighted by Crippen LogP contribution is 2.12. The molecule has 0 atom stereocenters. The highest BCUT2D eigenvalue weighted by atomic mass is 32.2. The summed E-state index contributed by atoms with van der Waals surface area (Å²) in [6.45, 7) is 0.650. The van der Waals surface area contributed by atoms with E-state index >= 15 is 0 Å². The minimum Gasteiger partial charge on any atom is -0.497 e. The van der Waals surface area contributed by atoms with Gasteiger partial charge in [-0.3, -0.25) is 0 Å². The Morgan fingerprint density at radius 1 is 1.18 bits per heavy atom. The Morgan fingerprint density at radius 3 is 2.35 bits per heavy atom. The maximum Gasteiger partial charge on any atom is 0.215 e. The van der Waals surface area contributed by atoms with E-state index in [0.29, 0.717) is 12.4 Å². The van der Waals surface area contributed by atoms with Gasteiger partial charge in [0.25, 0.3) is 0 Å². The molecule has 0 spiro atoms. The third-order valence-electron chi connectivity index (χ3n) is 2.14. The minimum absolute atomic E-state index is 0.0410. The van der Waals surface area contributed by atoms with E-state index < -0.39 is 10.0 Å². The van der Waals surface area contributed by atoms with Crippen LogP contribution in [0.2, 0.25) is 0 Å². The monoisotopic (exact) mass is 259 g/mol. The maximum absolute atomic E-state index is 11.6. The molecular formula is C11H17NO4S. The molecule has 5 nitrogen and oxygen atoms in total. The average molecular weight is 259 g/mol. The molecule has 0 fully saturated rings. The van der Waals surface area contributed by atoms with Gasteiger partial charge in [0.15, 0.2) is 0 Å². The molecule has 1 aromatic carbocycles. The Balaban J connectivity index is 2.56.